The minimum atomic E-state index is -0.792. The van der Waals surface area contributed by atoms with Crippen LogP contribution in [0.3, 0.4) is 0 Å². The molecule has 2 rings (SSSR count). The van der Waals surface area contributed by atoms with E-state index in [2.05, 4.69) is 12.2 Å². The average molecular weight is 282 g/mol. The molecule has 0 bridgehead atoms. The number of hydrogen-bond acceptors (Lipinski definition) is 3. The molecule has 2 fully saturated rings. The molecular formula is C16H30N2O2. The molecule has 0 aromatic rings. The van der Waals surface area contributed by atoms with Gasteiger partial charge in [0.25, 0.3) is 0 Å². The molecule has 3 atom stereocenters. The Labute approximate surface area is 122 Å². The molecule has 2 unspecified atom stereocenters. The summed E-state index contributed by atoms with van der Waals surface area (Å²) >= 11 is 0. The molecule has 0 aliphatic heterocycles. The maximum Gasteiger partial charge on any atom is 0.241 e. The number of nitrogens with one attached hydrogen (secondary N) is 1. The van der Waals surface area contributed by atoms with E-state index >= 15 is 0 Å². The standard InChI is InChI=1S/C16H30N2O2/c1-5-20-13-10-16(17,15(13,3)4)14(19)18-11(2)12-8-6-7-9-12/h11-13H,5-10,17H2,1-4H3,(H,18,19)/t11-,13?,16?/m1/s1. The van der Waals surface area contributed by atoms with Crippen LogP contribution >= 0.6 is 0 Å². The van der Waals surface area contributed by atoms with E-state index in [4.69, 9.17) is 10.5 Å². The normalized spacial score (nSPS) is 34.5. The van der Waals surface area contributed by atoms with Crippen LogP contribution in [-0.2, 0) is 9.53 Å². The fourth-order valence-corrected chi connectivity index (χ4v) is 3.73. The highest BCUT2D eigenvalue weighted by molar-refractivity contribution is 5.89. The van der Waals surface area contributed by atoms with Gasteiger partial charge in [0.15, 0.2) is 0 Å². The summed E-state index contributed by atoms with van der Waals surface area (Å²) in [5, 5.41) is 3.16. The van der Waals surface area contributed by atoms with Crippen molar-refractivity contribution in [3.63, 3.8) is 0 Å². The van der Waals surface area contributed by atoms with E-state index in [1.54, 1.807) is 0 Å². The van der Waals surface area contributed by atoms with Crippen molar-refractivity contribution < 1.29 is 9.53 Å². The van der Waals surface area contributed by atoms with E-state index in [9.17, 15) is 4.79 Å². The lowest BCUT2D eigenvalue weighted by molar-refractivity contribution is -0.171. The number of carbonyl (C=O) groups excluding carboxylic acids is 1. The first kappa shape index (κ1) is 15.8. The maximum atomic E-state index is 12.6. The molecule has 2 aliphatic rings. The van der Waals surface area contributed by atoms with E-state index < -0.39 is 5.54 Å². The predicted octanol–water partition coefficient (Wildman–Crippen LogP) is 2.21. The third-order valence-corrected chi connectivity index (χ3v) is 5.70. The second kappa shape index (κ2) is 5.64. The third kappa shape index (κ3) is 2.48. The summed E-state index contributed by atoms with van der Waals surface area (Å²) in [7, 11) is 0. The van der Waals surface area contributed by atoms with Gasteiger partial charge in [0.1, 0.15) is 5.54 Å². The van der Waals surface area contributed by atoms with Crippen molar-refractivity contribution in [1.82, 2.24) is 5.32 Å². The zero-order chi connectivity index (χ0) is 15.0. The molecule has 1 amide bonds. The number of amides is 1. The fraction of sp³-hybridized carbons (Fsp3) is 0.938. The van der Waals surface area contributed by atoms with Crippen molar-refractivity contribution in [3.05, 3.63) is 0 Å². The monoisotopic (exact) mass is 282 g/mol. The molecule has 0 aromatic carbocycles. The summed E-state index contributed by atoms with van der Waals surface area (Å²) in [6.45, 7) is 8.84. The second-order valence-corrected chi connectivity index (χ2v) is 7.15. The largest absolute Gasteiger partial charge is 0.378 e. The Morgan fingerprint density at radius 1 is 1.40 bits per heavy atom. The molecule has 0 radical (unpaired) electrons. The van der Waals surface area contributed by atoms with Crippen molar-refractivity contribution >= 4 is 5.91 Å². The molecule has 4 heteroatoms. The lowest BCUT2D eigenvalue weighted by Crippen LogP contribution is -2.76. The highest BCUT2D eigenvalue weighted by Crippen LogP contribution is 2.50. The van der Waals surface area contributed by atoms with Crippen LogP contribution in [0.2, 0.25) is 0 Å². The fourth-order valence-electron chi connectivity index (χ4n) is 3.73. The van der Waals surface area contributed by atoms with Gasteiger partial charge in [-0.2, -0.15) is 0 Å². The van der Waals surface area contributed by atoms with Gasteiger partial charge in [-0.15, -0.1) is 0 Å². The highest BCUT2D eigenvalue weighted by Gasteiger charge is 2.63. The van der Waals surface area contributed by atoms with Crippen molar-refractivity contribution in [1.29, 1.82) is 0 Å². The summed E-state index contributed by atoms with van der Waals surface area (Å²) in [5.74, 6) is 0.617. The van der Waals surface area contributed by atoms with Crippen LogP contribution in [0.25, 0.3) is 0 Å². The molecule has 2 saturated carbocycles. The van der Waals surface area contributed by atoms with Gasteiger partial charge in [-0.3, -0.25) is 4.79 Å². The summed E-state index contributed by atoms with van der Waals surface area (Å²) in [6.07, 6.45) is 5.74. The van der Waals surface area contributed by atoms with E-state index in [0.717, 1.165) is 0 Å². The van der Waals surface area contributed by atoms with Crippen LogP contribution in [0.1, 0.15) is 59.8 Å². The Kier molecular flexibility index (Phi) is 4.45. The highest BCUT2D eigenvalue weighted by atomic mass is 16.5. The zero-order valence-electron chi connectivity index (χ0n) is 13.4. The molecule has 4 nitrogen and oxygen atoms in total. The molecular weight excluding hydrogens is 252 g/mol. The predicted molar refractivity (Wildman–Crippen MR) is 80.3 cm³/mol. The van der Waals surface area contributed by atoms with Gasteiger partial charge in [0.2, 0.25) is 5.91 Å². The Hall–Kier alpha value is -0.610. The van der Waals surface area contributed by atoms with Crippen molar-refractivity contribution in [2.24, 2.45) is 17.1 Å². The first-order valence-corrected chi connectivity index (χ1v) is 8.04. The molecule has 0 saturated heterocycles. The van der Waals surface area contributed by atoms with Crippen molar-refractivity contribution in [2.45, 2.75) is 77.5 Å². The molecule has 3 N–H and O–H groups in total. The van der Waals surface area contributed by atoms with Crippen LogP contribution in [0.5, 0.6) is 0 Å². The minimum Gasteiger partial charge on any atom is -0.378 e. The van der Waals surface area contributed by atoms with E-state index in [1.165, 1.54) is 25.7 Å². The van der Waals surface area contributed by atoms with Gasteiger partial charge in [0.05, 0.1) is 6.10 Å². The molecule has 116 valence electrons. The first-order valence-electron chi connectivity index (χ1n) is 8.04. The molecule has 0 spiro atoms. The Balaban J connectivity index is 1.95. The van der Waals surface area contributed by atoms with Crippen molar-refractivity contribution in [2.75, 3.05) is 6.61 Å². The van der Waals surface area contributed by atoms with Gasteiger partial charge < -0.3 is 15.8 Å². The topological polar surface area (TPSA) is 64.3 Å². The minimum absolute atomic E-state index is 0.00199. The Morgan fingerprint density at radius 3 is 2.50 bits per heavy atom. The Bertz CT molecular complexity index is 363. The molecule has 20 heavy (non-hydrogen) atoms. The van der Waals surface area contributed by atoms with Gasteiger partial charge in [-0.05, 0) is 32.6 Å². The average Bonchev–Trinajstić information content (AvgIpc) is 2.92. The van der Waals surface area contributed by atoms with Gasteiger partial charge in [0, 0.05) is 24.5 Å². The van der Waals surface area contributed by atoms with Gasteiger partial charge >= 0.3 is 0 Å². The number of nitrogens with two attached hydrogens (primary N) is 1. The van der Waals surface area contributed by atoms with Gasteiger partial charge in [-0.1, -0.05) is 26.7 Å². The summed E-state index contributed by atoms with van der Waals surface area (Å²) in [4.78, 5) is 12.6. The third-order valence-electron chi connectivity index (χ3n) is 5.70. The van der Waals surface area contributed by atoms with E-state index in [1.807, 2.05) is 20.8 Å². The van der Waals surface area contributed by atoms with Crippen LogP contribution < -0.4 is 11.1 Å². The van der Waals surface area contributed by atoms with Crippen LogP contribution in [-0.4, -0.2) is 30.2 Å². The summed E-state index contributed by atoms with van der Waals surface area (Å²) in [6, 6.07) is 0.229. The summed E-state index contributed by atoms with van der Waals surface area (Å²) in [5.41, 5.74) is 5.30. The smallest absolute Gasteiger partial charge is 0.241 e. The first-order chi connectivity index (χ1) is 9.33. The second-order valence-electron chi connectivity index (χ2n) is 7.15. The lowest BCUT2D eigenvalue weighted by Gasteiger charge is -2.57. The van der Waals surface area contributed by atoms with Crippen LogP contribution in [0, 0.1) is 11.3 Å². The summed E-state index contributed by atoms with van der Waals surface area (Å²) < 4.78 is 5.68. The number of carbonyl (C=O) groups is 1. The number of rotatable bonds is 5. The zero-order valence-corrected chi connectivity index (χ0v) is 13.4. The van der Waals surface area contributed by atoms with Crippen molar-refractivity contribution in [3.8, 4) is 0 Å². The lowest BCUT2D eigenvalue weighted by atomic mass is 9.54. The van der Waals surface area contributed by atoms with E-state index in [-0.39, 0.29) is 23.5 Å². The van der Waals surface area contributed by atoms with Crippen LogP contribution in [0.4, 0.5) is 0 Å². The molecule has 0 aromatic heterocycles. The van der Waals surface area contributed by atoms with Gasteiger partial charge in [-0.25, -0.2) is 0 Å². The molecule has 0 heterocycles. The quantitative estimate of drug-likeness (QED) is 0.812. The SMILES string of the molecule is CCOC1CC(N)(C(=O)N[C@H](C)C2CCCC2)C1(C)C. The van der Waals surface area contributed by atoms with E-state index in [0.29, 0.717) is 18.9 Å². The maximum absolute atomic E-state index is 12.6. The number of hydrogen-bond donors (Lipinski definition) is 2. The molecule has 2 aliphatic carbocycles. The Morgan fingerprint density at radius 2 is 2.00 bits per heavy atom. The van der Waals surface area contributed by atoms with Crippen LogP contribution in [0.15, 0.2) is 0 Å². The number of ether oxygens (including phenoxy) is 1.